The van der Waals surface area contributed by atoms with Crippen LogP contribution in [0.3, 0.4) is 0 Å². The van der Waals surface area contributed by atoms with Crippen LogP contribution < -0.4 is 11.3 Å². The molecule has 0 saturated heterocycles. The smallest absolute Gasteiger partial charge is 0.0733 e. The molecular weight excluding hydrogens is 274 g/mol. The van der Waals surface area contributed by atoms with E-state index in [1.54, 1.807) is 17.5 Å². The molecule has 2 aromatic rings. The predicted octanol–water partition coefficient (Wildman–Crippen LogP) is 2.46. The first-order valence-corrected chi connectivity index (χ1v) is 6.13. The summed E-state index contributed by atoms with van der Waals surface area (Å²) in [5, 5.41) is 4.11. The number of nitrogens with two attached hydrogens (primary N) is 1. The van der Waals surface area contributed by atoms with Gasteiger partial charge in [0.05, 0.1) is 6.04 Å². The summed E-state index contributed by atoms with van der Waals surface area (Å²) in [6.07, 6.45) is 3.57. The van der Waals surface area contributed by atoms with E-state index < -0.39 is 0 Å². The van der Waals surface area contributed by atoms with Crippen LogP contribution in [0.1, 0.15) is 17.2 Å². The summed E-state index contributed by atoms with van der Waals surface area (Å²) in [4.78, 5) is 4.12. The fourth-order valence-electron chi connectivity index (χ4n) is 1.41. The molecule has 2 heterocycles. The first-order chi connectivity index (χ1) is 7.31. The monoisotopic (exact) mass is 283 g/mol. The molecule has 5 heteroatoms. The topological polar surface area (TPSA) is 50.9 Å². The van der Waals surface area contributed by atoms with Gasteiger partial charge in [-0.15, -0.1) is 0 Å². The van der Waals surface area contributed by atoms with Gasteiger partial charge in [-0.25, -0.2) is 5.43 Å². The second-order valence-electron chi connectivity index (χ2n) is 3.09. The van der Waals surface area contributed by atoms with Crippen molar-refractivity contribution < 1.29 is 0 Å². The van der Waals surface area contributed by atoms with Gasteiger partial charge in [0.15, 0.2) is 0 Å². The van der Waals surface area contributed by atoms with Gasteiger partial charge >= 0.3 is 0 Å². The van der Waals surface area contributed by atoms with Crippen molar-refractivity contribution in [3.05, 3.63) is 50.9 Å². The number of aromatic nitrogens is 1. The molecule has 2 rings (SSSR count). The molecule has 2 aromatic heterocycles. The van der Waals surface area contributed by atoms with Crippen molar-refractivity contribution in [1.29, 1.82) is 0 Å². The first kappa shape index (κ1) is 10.8. The molecule has 0 amide bonds. The van der Waals surface area contributed by atoms with E-state index in [0.29, 0.717) is 0 Å². The molecule has 0 fully saturated rings. The Bertz CT molecular complexity index is 430. The Hall–Kier alpha value is -0.750. The van der Waals surface area contributed by atoms with Crippen molar-refractivity contribution in [2.24, 2.45) is 5.84 Å². The minimum Gasteiger partial charge on any atom is -0.271 e. The molecule has 15 heavy (non-hydrogen) atoms. The van der Waals surface area contributed by atoms with E-state index in [9.17, 15) is 0 Å². The Labute approximate surface area is 100 Å². The molecule has 0 spiro atoms. The van der Waals surface area contributed by atoms with Gasteiger partial charge in [0.25, 0.3) is 0 Å². The Kier molecular flexibility index (Phi) is 3.48. The fourth-order valence-corrected chi connectivity index (χ4v) is 2.48. The number of thiophene rings is 1. The standard InChI is InChI=1S/C10H10BrN3S/c11-9-3-8(4-13-5-9)10(14-12)7-1-2-15-6-7/h1-6,10,14H,12H2. The van der Waals surface area contributed by atoms with Gasteiger partial charge in [-0.3, -0.25) is 10.8 Å². The van der Waals surface area contributed by atoms with E-state index in [-0.39, 0.29) is 6.04 Å². The summed E-state index contributed by atoms with van der Waals surface area (Å²) in [6, 6.07) is 4.06. The third-order valence-corrected chi connectivity index (χ3v) is 3.24. The summed E-state index contributed by atoms with van der Waals surface area (Å²) in [5.74, 6) is 5.56. The number of hydrazine groups is 1. The Morgan fingerprint density at radius 1 is 1.40 bits per heavy atom. The minimum atomic E-state index is 0.00116. The normalized spacial score (nSPS) is 12.7. The maximum Gasteiger partial charge on any atom is 0.0733 e. The SMILES string of the molecule is NNC(c1ccsc1)c1cncc(Br)c1. The van der Waals surface area contributed by atoms with Crippen LogP contribution >= 0.6 is 27.3 Å². The molecule has 3 nitrogen and oxygen atoms in total. The lowest BCUT2D eigenvalue weighted by Gasteiger charge is -2.14. The van der Waals surface area contributed by atoms with Crippen molar-refractivity contribution >= 4 is 27.3 Å². The Morgan fingerprint density at radius 2 is 2.27 bits per heavy atom. The number of hydrogen-bond donors (Lipinski definition) is 2. The molecule has 1 atom stereocenters. The lowest BCUT2D eigenvalue weighted by Crippen LogP contribution is -2.28. The van der Waals surface area contributed by atoms with Gasteiger partial charge in [-0.05, 0) is 49.9 Å². The van der Waals surface area contributed by atoms with Crippen LogP contribution in [0.2, 0.25) is 0 Å². The summed E-state index contributed by atoms with van der Waals surface area (Å²) < 4.78 is 0.954. The van der Waals surface area contributed by atoms with Gasteiger partial charge in [-0.2, -0.15) is 11.3 Å². The van der Waals surface area contributed by atoms with Gasteiger partial charge in [-0.1, -0.05) is 0 Å². The van der Waals surface area contributed by atoms with E-state index in [1.807, 2.05) is 17.6 Å². The second-order valence-corrected chi connectivity index (χ2v) is 4.79. The molecule has 0 aliphatic carbocycles. The van der Waals surface area contributed by atoms with Crippen LogP contribution in [0.4, 0.5) is 0 Å². The minimum absolute atomic E-state index is 0.00116. The fraction of sp³-hybridized carbons (Fsp3) is 0.100. The van der Waals surface area contributed by atoms with Crippen LogP contribution in [-0.2, 0) is 0 Å². The maximum absolute atomic E-state index is 5.56. The van der Waals surface area contributed by atoms with Crippen molar-refractivity contribution in [2.75, 3.05) is 0 Å². The number of halogens is 1. The predicted molar refractivity (Wildman–Crippen MR) is 65.4 cm³/mol. The molecule has 3 N–H and O–H groups in total. The zero-order valence-corrected chi connectivity index (χ0v) is 10.3. The number of rotatable bonds is 3. The second kappa shape index (κ2) is 4.85. The molecule has 0 bridgehead atoms. The Balaban J connectivity index is 2.35. The molecule has 0 aromatic carbocycles. The van der Waals surface area contributed by atoms with Crippen LogP contribution in [0.15, 0.2) is 39.8 Å². The summed E-state index contributed by atoms with van der Waals surface area (Å²) in [5.41, 5.74) is 5.00. The van der Waals surface area contributed by atoms with Crippen molar-refractivity contribution in [3.63, 3.8) is 0 Å². The zero-order valence-electron chi connectivity index (χ0n) is 7.85. The average Bonchev–Trinajstić information content (AvgIpc) is 2.72. The van der Waals surface area contributed by atoms with E-state index in [1.165, 1.54) is 0 Å². The van der Waals surface area contributed by atoms with Crippen molar-refractivity contribution in [1.82, 2.24) is 10.4 Å². The van der Waals surface area contributed by atoms with Crippen LogP contribution in [-0.4, -0.2) is 4.98 Å². The highest BCUT2D eigenvalue weighted by atomic mass is 79.9. The molecule has 0 saturated carbocycles. The van der Waals surface area contributed by atoms with Crippen molar-refractivity contribution in [3.8, 4) is 0 Å². The van der Waals surface area contributed by atoms with Gasteiger partial charge in [0, 0.05) is 16.9 Å². The van der Waals surface area contributed by atoms with Gasteiger partial charge in [0.1, 0.15) is 0 Å². The molecule has 0 radical (unpaired) electrons. The highest BCUT2D eigenvalue weighted by Gasteiger charge is 2.12. The number of nitrogens with zero attached hydrogens (tertiary/aromatic N) is 1. The molecule has 78 valence electrons. The highest BCUT2D eigenvalue weighted by molar-refractivity contribution is 9.10. The molecule has 1 unspecified atom stereocenters. The first-order valence-electron chi connectivity index (χ1n) is 4.40. The maximum atomic E-state index is 5.56. The number of pyridine rings is 1. The van der Waals surface area contributed by atoms with E-state index >= 15 is 0 Å². The zero-order chi connectivity index (χ0) is 10.7. The molecular formula is C10H10BrN3S. The van der Waals surface area contributed by atoms with E-state index in [4.69, 9.17) is 5.84 Å². The lowest BCUT2D eigenvalue weighted by molar-refractivity contribution is 0.636. The number of hydrogen-bond acceptors (Lipinski definition) is 4. The highest BCUT2D eigenvalue weighted by Crippen LogP contribution is 2.24. The third kappa shape index (κ3) is 2.43. The third-order valence-electron chi connectivity index (χ3n) is 2.10. The number of nitrogens with one attached hydrogen (secondary N) is 1. The van der Waals surface area contributed by atoms with Crippen LogP contribution in [0, 0.1) is 0 Å². The van der Waals surface area contributed by atoms with E-state index in [0.717, 1.165) is 15.6 Å². The van der Waals surface area contributed by atoms with E-state index in [2.05, 4.69) is 37.8 Å². The largest absolute Gasteiger partial charge is 0.271 e. The molecule has 0 aliphatic rings. The van der Waals surface area contributed by atoms with Crippen molar-refractivity contribution in [2.45, 2.75) is 6.04 Å². The van der Waals surface area contributed by atoms with Crippen LogP contribution in [0.25, 0.3) is 0 Å². The van der Waals surface area contributed by atoms with Gasteiger partial charge in [0.2, 0.25) is 0 Å². The average molecular weight is 284 g/mol. The summed E-state index contributed by atoms with van der Waals surface area (Å²) in [7, 11) is 0. The lowest BCUT2D eigenvalue weighted by atomic mass is 10.0. The van der Waals surface area contributed by atoms with Crippen LogP contribution in [0.5, 0.6) is 0 Å². The Morgan fingerprint density at radius 3 is 2.87 bits per heavy atom. The summed E-state index contributed by atoms with van der Waals surface area (Å²) >= 11 is 5.05. The molecule has 0 aliphatic heterocycles. The summed E-state index contributed by atoms with van der Waals surface area (Å²) in [6.45, 7) is 0. The quantitative estimate of drug-likeness (QED) is 0.672. The van der Waals surface area contributed by atoms with Gasteiger partial charge < -0.3 is 0 Å².